The maximum absolute atomic E-state index is 13.0. The number of benzene rings is 1. The molecule has 2 heteroatoms. The highest BCUT2D eigenvalue weighted by Crippen LogP contribution is 2.20. The molecule has 0 nitrogen and oxygen atoms in total. The third-order valence-electron chi connectivity index (χ3n) is 1.71. The van der Waals surface area contributed by atoms with E-state index in [0.29, 0.717) is 0 Å². The van der Waals surface area contributed by atoms with Gasteiger partial charge in [-0.05, 0) is 35.9 Å². The quantitative estimate of drug-likeness (QED) is 0.648. The van der Waals surface area contributed by atoms with E-state index in [1.807, 2.05) is 19.1 Å². The average Bonchev–Trinajstić information content (AvgIpc) is 2.09. The molecular weight excluding hydrogens is 171 g/mol. The summed E-state index contributed by atoms with van der Waals surface area (Å²) in [7, 11) is 0. The molecule has 0 saturated heterocycles. The van der Waals surface area contributed by atoms with Crippen LogP contribution in [0.5, 0.6) is 0 Å². The van der Waals surface area contributed by atoms with Gasteiger partial charge in [-0.1, -0.05) is 13.8 Å². The van der Waals surface area contributed by atoms with Gasteiger partial charge in [0.05, 0.1) is 0 Å². The number of halogens is 1. The minimum absolute atomic E-state index is 0.0852. The van der Waals surface area contributed by atoms with Crippen molar-refractivity contribution in [2.24, 2.45) is 0 Å². The summed E-state index contributed by atoms with van der Waals surface area (Å²) < 4.78 is 13.0. The van der Waals surface area contributed by atoms with Gasteiger partial charge in [-0.25, -0.2) is 4.39 Å². The largest absolute Gasteiger partial charge is 0.207 e. The summed E-state index contributed by atoms with van der Waals surface area (Å²) in [4.78, 5) is 1.16. The van der Waals surface area contributed by atoms with Crippen LogP contribution in [0.3, 0.4) is 0 Å². The van der Waals surface area contributed by atoms with Gasteiger partial charge in [-0.3, -0.25) is 0 Å². The zero-order valence-electron chi connectivity index (χ0n) is 7.43. The molecule has 0 bridgehead atoms. The van der Waals surface area contributed by atoms with E-state index < -0.39 is 0 Å². The zero-order valence-corrected chi connectivity index (χ0v) is 8.25. The SMILES string of the molecule is CCSc1ccc(F)c(CC)c1. The van der Waals surface area contributed by atoms with Crippen molar-refractivity contribution < 1.29 is 4.39 Å². The van der Waals surface area contributed by atoms with Crippen LogP contribution >= 0.6 is 11.8 Å². The van der Waals surface area contributed by atoms with Gasteiger partial charge >= 0.3 is 0 Å². The van der Waals surface area contributed by atoms with E-state index in [2.05, 4.69) is 6.92 Å². The molecule has 0 radical (unpaired) electrons. The monoisotopic (exact) mass is 184 g/mol. The lowest BCUT2D eigenvalue weighted by Gasteiger charge is -2.02. The zero-order chi connectivity index (χ0) is 8.97. The molecule has 0 aliphatic rings. The van der Waals surface area contributed by atoms with Crippen LogP contribution in [0.2, 0.25) is 0 Å². The van der Waals surface area contributed by atoms with Crippen molar-refractivity contribution in [3.8, 4) is 0 Å². The van der Waals surface area contributed by atoms with E-state index in [1.54, 1.807) is 17.8 Å². The second-order valence-corrected chi connectivity index (χ2v) is 3.88. The molecule has 66 valence electrons. The lowest BCUT2D eigenvalue weighted by molar-refractivity contribution is 0.610. The average molecular weight is 184 g/mol. The number of hydrogen-bond acceptors (Lipinski definition) is 1. The highest BCUT2D eigenvalue weighted by atomic mass is 32.2. The second kappa shape index (κ2) is 4.51. The predicted octanol–water partition coefficient (Wildman–Crippen LogP) is 3.50. The smallest absolute Gasteiger partial charge is 0.126 e. The van der Waals surface area contributed by atoms with Crippen LogP contribution in [0.1, 0.15) is 19.4 Å². The Bertz CT molecular complexity index is 258. The molecule has 0 N–H and O–H groups in total. The summed E-state index contributed by atoms with van der Waals surface area (Å²) in [5.74, 6) is 0.951. The van der Waals surface area contributed by atoms with Crippen molar-refractivity contribution >= 4 is 11.8 Å². The normalized spacial score (nSPS) is 10.2. The van der Waals surface area contributed by atoms with Crippen molar-refractivity contribution in [2.45, 2.75) is 25.2 Å². The van der Waals surface area contributed by atoms with E-state index in [1.165, 1.54) is 0 Å². The van der Waals surface area contributed by atoms with Crippen molar-refractivity contribution in [3.63, 3.8) is 0 Å². The van der Waals surface area contributed by atoms with E-state index in [4.69, 9.17) is 0 Å². The molecular formula is C10H13FS. The Hall–Kier alpha value is -0.500. The third-order valence-corrected chi connectivity index (χ3v) is 2.59. The van der Waals surface area contributed by atoms with Crippen LogP contribution in [0.4, 0.5) is 4.39 Å². The summed E-state index contributed by atoms with van der Waals surface area (Å²) in [5, 5.41) is 0. The highest BCUT2D eigenvalue weighted by molar-refractivity contribution is 7.99. The van der Waals surface area contributed by atoms with Gasteiger partial charge in [0.15, 0.2) is 0 Å². The van der Waals surface area contributed by atoms with Crippen LogP contribution in [0.15, 0.2) is 23.1 Å². The fourth-order valence-corrected chi connectivity index (χ4v) is 1.80. The fraction of sp³-hybridized carbons (Fsp3) is 0.400. The topological polar surface area (TPSA) is 0 Å². The Kier molecular flexibility index (Phi) is 3.60. The summed E-state index contributed by atoms with van der Waals surface area (Å²) in [6.07, 6.45) is 0.768. The number of thioether (sulfide) groups is 1. The maximum atomic E-state index is 13.0. The Balaban J connectivity index is 2.89. The molecule has 0 aromatic heterocycles. The minimum Gasteiger partial charge on any atom is -0.207 e. The number of hydrogen-bond donors (Lipinski definition) is 0. The first-order valence-electron chi connectivity index (χ1n) is 4.19. The molecule has 1 aromatic rings. The molecule has 0 aliphatic carbocycles. The molecule has 0 saturated carbocycles. The molecule has 0 spiro atoms. The maximum Gasteiger partial charge on any atom is 0.126 e. The summed E-state index contributed by atoms with van der Waals surface area (Å²) >= 11 is 1.75. The lowest BCUT2D eigenvalue weighted by Crippen LogP contribution is -1.87. The summed E-state index contributed by atoms with van der Waals surface area (Å²) in [6, 6.07) is 5.32. The van der Waals surface area contributed by atoms with Crippen LogP contribution in [-0.4, -0.2) is 5.75 Å². The molecule has 0 atom stereocenters. The summed E-state index contributed by atoms with van der Waals surface area (Å²) in [6.45, 7) is 4.07. The van der Waals surface area contributed by atoms with E-state index in [-0.39, 0.29) is 5.82 Å². The Morgan fingerprint density at radius 3 is 2.67 bits per heavy atom. The molecule has 0 heterocycles. The number of rotatable bonds is 3. The lowest BCUT2D eigenvalue weighted by atomic mass is 10.2. The van der Waals surface area contributed by atoms with Crippen LogP contribution in [-0.2, 0) is 6.42 Å². The highest BCUT2D eigenvalue weighted by Gasteiger charge is 2.00. The van der Waals surface area contributed by atoms with Crippen LogP contribution < -0.4 is 0 Å². The van der Waals surface area contributed by atoms with E-state index in [9.17, 15) is 4.39 Å². The first kappa shape index (κ1) is 9.59. The minimum atomic E-state index is -0.0852. The third kappa shape index (κ3) is 2.24. The van der Waals surface area contributed by atoms with Crippen molar-refractivity contribution in [3.05, 3.63) is 29.6 Å². The van der Waals surface area contributed by atoms with E-state index >= 15 is 0 Å². The van der Waals surface area contributed by atoms with E-state index in [0.717, 1.165) is 22.6 Å². The van der Waals surface area contributed by atoms with Crippen molar-refractivity contribution in [2.75, 3.05) is 5.75 Å². The van der Waals surface area contributed by atoms with Gasteiger partial charge in [0.1, 0.15) is 5.82 Å². The molecule has 0 fully saturated rings. The Morgan fingerprint density at radius 1 is 1.33 bits per heavy atom. The van der Waals surface area contributed by atoms with Gasteiger partial charge in [-0.2, -0.15) is 0 Å². The second-order valence-electron chi connectivity index (χ2n) is 2.54. The van der Waals surface area contributed by atoms with Gasteiger partial charge in [-0.15, -0.1) is 11.8 Å². The molecule has 0 aliphatic heterocycles. The predicted molar refractivity (Wildman–Crippen MR) is 52.2 cm³/mol. The van der Waals surface area contributed by atoms with Crippen LogP contribution in [0.25, 0.3) is 0 Å². The van der Waals surface area contributed by atoms with Gasteiger partial charge < -0.3 is 0 Å². The molecule has 1 rings (SSSR count). The molecule has 1 aromatic carbocycles. The van der Waals surface area contributed by atoms with Crippen molar-refractivity contribution in [1.29, 1.82) is 0 Å². The Labute approximate surface area is 77.2 Å². The first-order valence-corrected chi connectivity index (χ1v) is 5.17. The van der Waals surface area contributed by atoms with Gasteiger partial charge in [0.2, 0.25) is 0 Å². The van der Waals surface area contributed by atoms with Gasteiger partial charge in [0, 0.05) is 4.90 Å². The molecule has 0 amide bonds. The Morgan fingerprint density at radius 2 is 2.08 bits per heavy atom. The fourth-order valence-electron chi connectivity index (χ4n) is 1.08. The van der Waals surface area contributed by atoms with Crippen molar-refractivity contribution in [1.82, 2.24) is 0 Å². The summed E-state index contributed by atoms with van der Waals surface area (Å²) in [5.41, 5.74) is 0.813. The number of aryl methyl sites for hydroxylation is 1. The van der Waals surface area contributed by atoms with Gasteiger partial charge in [0.25, 0.3) is 0 Å². The molecule has 12 heavy (non-hydrogen) atoms. The first-order chi connectivity index (χ1) is 5.77. The standard InChI is InChI=1S/C10H13FS/c1-3-8-7-9(12-4-2)5-6-10(8)11/h5-7H,3-4H2,1-2H3. The van der Waals surface area contributed by atoms with Crippen LogP contribution in [0, 0.1) is 5.82 Å². The molecule has 0 unspecified atom stereocenters.